The third-order valence-corrected chi connectivity index (χ3v) is 4.64. The molecule has 22 heavy (non-hydrogen) atoms. The molecule has 1 aliphatic carbocycles. The Hall–Kier alpha value is -1.55. The van der Waals surface area contributed by atoms with E-state index in [4.69, 9.17) is 4.74 Å². The summed E-state index contributed by atoms with van der Waals surface area (Å²) in [5, 5.41) is 0. The number of nitrogens with zero attached hydrogens (tertiary/aromatic N) is 2. The van der Waals surface area contributed by atoms with Crippen LogP contribution in [0.5, 0.6) is 5.75 Å². The van der Waals surface area contributed by atoms with Gasteiger partial charge in [0.05, 0.1) is 6.54 Å². The number of ether oxygens (including phenoxy) is 1. The van der Waals surface area contributed by atoms with Gasteiger partial charge in [-0.05, 0) is 43.6 Å². The normalized spacial score (nSPS) is 17.9. The molecule has 0 saturated heterocycles. The number of rotatable bonds is 5. The molecule has 4 heteroatoms. The highest BCUT2D eigenvalue weighted by atomic mass is 16.5. The number of hydrogen-bond acceptors (Lipinski definition) is 3. The number of carbonyl (C=O) groups is 1. The van der Waals surface area contributed by atoms with E-state index < -0.39 is 0 Å². The number of amides is 1. The molecule has 4 nitrogen and oxygen atoms in total. The van der Waals surface area contributed by atoms with Crippen molar-refractivity contribution in [3.8, 4) is 5.75 Å². The second-order valence-corrected chi connectivity index (χ2v) is 6.29. The molecular formula is C18H26N2O2. The third-order valence-electron chi connectivity index (χ3n) is 4.64. The summed E-state index contributed by atoms with van der Waals surface area (Å²) in [6.45, 7) is 9.43. The molecule has 1 saturated carbocycles. The van der Waals surface area contributed by atoms with Crippen LogP contribution < -0.4 is 4.74 Å². The molecule has 120 valence electrons. The largest absolute Gasteiger partial charge is 0.491 e. The Labute approximate surface area is 133 Å². The van der Waals surface area contributed by atoms with Gasteiger partial charge in [0, 0.05) is 24.6 Å². The zero-order valence-corrected chi connectivity index (χ0v) is 13.7. The van der Waals surface area contributed by atoms with Crippen molar-refractivity contribution in [2.24, 2.45) is 5.92 Å². The molecule has 2 aliphatic rings. The highest BCUT2D eigenvalue weighted by Crippen LogP contribution is 2.33. The van der Waals surface area contributed by atoms with Crippen LogP contribution in [0.3, 0.4) is 0 Å². The first-order chi connectivity index (χ1) is 10.7. The van der Waals surface area contributed by atoms with E-state index in [1.165, 1.54) is 5.56 Å². The number of hydrogen-bond donors (Lipinski definition) is 0. The number of fused-ring (bicyclic) bond motifs is 1. The van der Waals surface area contributed by atoms with Gasteiger partial charge in [-0.2, -0.15) is 0 Å². The Kier molecular flexibility index (Phi) is 4.67. The molecule has 0 bridgehead atoms. The van der Waals surface area contributed by atoms with E-state index in [9.17, 15) is 4.79 Å². The SMILES string of the molecule is CCN(CC)Cc1ccc2c(c1)CN(C(=O)C1CC1)CCO2. The molecule has 0 N–H and O–H groups in total. The summed E-state index contributed by atoms with van der Waals surface area (Å²) in [6.07, 6.45) is 2.12. The van der Waals surface area contributed by atoms with E-state index in [1.807, 2.05) is 4.90 Å². The highest BCUT2D eigenvalue weighted by Gasteiger charge is 2.34. The van der Waals surface area contributed by atoms with E-state index >= 15 is 0 Å². The fourth-order valence-electron chi connectivity index (χ4n) is 3.03. The summed E-state index contributed by atoms with van der Waals surface area (Å²) in [4.78, 5) is 16.7. The summed E-state index contributed by atoms with van der Waals surface area (Å²) in [5.74, 6) is 1.53. The maximum atomic E-state index is 12.3. The minimum absolute atomic E-state index is 0.278. The lowest BCUT2D eigenvalue weighted by atomic mass is 10.1. The Morgan fingerprint density at radius 1 is 1.32 bits per heavy atom. The molecule has 1 amide bonds. The van der Waals surface area contributed by atoms with Gasteiger partial charge >= 0.3 is 0 Å². The molecule has 3 rings (SSSR count). The number of benzene rings is 1. The lowest BCUT2D eigenvalue weighted by molar-refractivity contribution is -0.133. The first kappa shape index (κ1) is 15.3. The van der Waals surface area contributed by atoms with Crippen LogP contribution >= 0.6 is 0 Å². The Morgan fingerprint density at radius 2 is 2.09 bits per heavy atom. The maximum absolute atomic E-state index is 12.3. The smallest absolute Gasteiger partial charge is 0.226 e. The van der Waals surface area contributed by atoms with Gasteiger partial charge in [-0.25, -0.2) is 0 Å². The summed E-state index contributed by atoms with van der Waals surface area (Å²) in [7, 11) is 0. The average molecular weight is 302 g/mol. The lowest BCUT2D eigenvalue weighted by Crippen LogP contribution is -2.33. The molecule has 0 spiro atoms. The zero-order valence-electron chi connectivity index (χ0n) is 13.7. The predicted octanol–water partition coefficient (Wildman–Crippen LogP) is 2.66. The van der Waals surface area contributed by atoms with E-state index in [0.717, 1.165) is 43.8 Å². The molecule has 1 fully saturated rings. The van der Waals surface area contributed by atoms with Gasteiger partial charge in [-0.15, -0.1) is 0 Å². The van der Waals surface area contributed by atoms with Crippen LogP contribution in [-0.2, 0) is 17.9 Å². The Bertz CT molecular complexity index is 536. The molecular weight excluding hydrogens is 276 g/mol. The molecule has 0 atom stereocenters. The first-order valence-electron chi connectivity index (χ1n) is 8.47. The molecule has 0 unspecified atom stereocenters. The van der Waals surface area contributed by atoms with E-state index in [2.05, 4.69) is 36.9 Å². The summed E-state index contributed by atoms with van der Waals surface area (Å²) in [5.41, 5.74) is 2.45. The molecule has 1 aliphatic heterocycles. The van der Waals surface area contributed by atoms with Gasteiger partial charge in [0.2, 0.25) is 5.91 Å². The van der Waals surface area contributed by atoms with Crippen LogP contribution in [0.4, 0.5) is 0 Å². The van der Waals surface area contributed by atoms with Gasteiger partial charge in [0.15, 0.2) is 0 Å². The Balaban J connectivity index is 1.76. The van der Waals surface area contributed by atoms with Crippen molar-refractivity contribution in [1.82, 2.24) is 9.80 Å². The van der Waals surface area contributed by atoms with Crippen LogP contribution in [0, 0.1) is 5.92 Å². The monoisotopic (exact) mass is 302 g/mol. The second kappa shape index (κ2) is 6.69. The molecule has 0 radical (unpaired) electrons. The predicted molar refractivity (Wildman–Crippen MR) is 86.7 cm³/mol. The second-order valence-electron chi connectivity index (χ2n) is 6.29. The van der Waals surface area contributed by atoms with Crippen molar-refractivity contribution in [3.63, 3.8) is 0 Å². The van der Waals surface area contributed by atoms with Crippen LogP contribution in [0.1, 0.15) is 37.8 Å². The minimum atomic E-state index is 0.278. The van der Waals surface area contributed by atoms with Crippen molar-refractivity contribution in [1.29, 1.82) is 0 Å². The van der Waals surface area contributed by atoms with Crippen LogP contribution in [0.25, 0.3) is 0 Å². The van der Waals surface area contributed by atoms with Crippen LogP contribution in [0.2, 0.25) is 0 Å². The standard InChI is InChI=1S/C18H26N2O2/c1-3-19(4-2)12-14-5-8-17-16(11-14)13-20(9-10-22-17)18(21)15-6-7-15/h5,8,11,15H,3-4,6-7,9-10,12-13H2,1-2H3. The summed E-state index contributed by atoms with van der Waals surface area (Å²) < 4.78 is 5.83. The molecule has 1 aromatic rings. The Morgan fingerprint density at radius 3 is 2.77 bits per heavy atom. The highest BCUT2D eigenvalue weighted by molar-refractivity contribution is 5.81. The quantitative estimate of drug-likeness (QED) is 0.838. The summed E-state index contributed by atoms with van der Waals surface area (Å²) >= 11 is 0. The lowest BCUT2D eigenvalue weighted by Gasteiger charge is -2.21. The first-order valence-corrected chi connectivity index (χ1v) is 8.47. The van der Waals surface area contributed by atoms with E-state index in [0.29, 0.717) is 25.6 Å². The fraction of sp³-hybridized carbons (Fsp3) is 0.611. The van der Waals surface area contributed by atoms with Gasteiger partial charge in [-0.3, -0.25) is 9.69 Å². The van der Waals surface area contributed by atoms with Crippen LogP contribution in [-0.4, -0.2) is 41.9 Å². The van der Waals surface area contributed by atoms with Gasteiger partial charge in [0.25, 0.3) is 0 Å². The van der Waals surface area contributed by atoms with Gasteiger partial charge in [-0.1, -0.05) is 19.9 Å². The van der Waals surface area contributed by atoms with E-state index in [-0.39, 0.29) is 5.92 Å². The minimum Gasteiger partial charge on any atom is -0.491 e. The molecule has 1 aromatic carbocycles. The summed E-state index contributed by atoms with van der Waals surface area (Å²) in [6, 6.07) is 6.43. The maximum Gasteiger partial charge on any atom is 0.226 e. The van der Waals surface area contributed by atoms with Crippen LogP contribution in [0.15, 0.2) is 18.2 Å². The topological polar surface area (TPSA) is 32.8 Å². The van der Waals surface area contributed by atoms with E-state index in [1.54, 1.807) is 0 Å². The van der Waals surface area contributed by atoms with Crippen molar-refractivity contribution in [2.45, 2.75) is 39.8 Å². The average Bonchev–Trinajstić information content (AvgIpc) is 3.37. The van der Waals surface area contributed by atoms with Crippen molar-refractivity contribution >= 4 is 5.91 Å². The van der Waals surface area contributed by atoms with Gasteiger partial charge in [0.1, 0.15) is 12.4 Å². The van der Waals surface area contributed by atoms with Crippen molar-refractivity contribution < 1.29 is 9.53 Å². The molecule has 0 aromatic heterocycles. The van der Waals surface area contributed by atoms with Crippen molar-refractivity contribution in [2.75, 3.05) is 26.2 Å². The van der Waals surface area contributed by atoms with Gasteiger partial charge < -0.3 is 9.64 Å². The molecule has 1 heterocycles. The fourth-order valence-corrected chi connectivity index (χ4v) is 3.03. The zero-order chi connectivity index (χ0) is 15.5. The third kappa shape index (κ3) is 3.43. The number of carbonyl (C=O) groups excluding carboxylic acids is 1. The van der Waals surface area contributed by atoms with Crippen molar-refractivity contribution in [3.05, 3.63) is 29.3 Å².